The van der Waals surface area contributed by atoms with Gasteiger partial charge in [-0.25, -0.2) is 0 Å². The highest BCUT2D eigenvalue weighted by molar-refractivity contribution is 5.56. The average Bonchev–Trinajstić information content (AvgIpc) is 2.55. The van der Waals surface area contributed by atoms with Crippen molar-refractivity contribution in [3.8, 4) is 5.75 Å². The molecule has 0 spiro atoms. The summed E-state index contributed by atoms with van der Waals surface area (Å²) < 4.78 is 5.84. The number of benzene rings is 1. The van der Waals surface area contributed by atoms with E-state index in [2.05, 4.69) is 40.3 Å². The highest BCUT2D eigenvalue weighted by Crippen LogP contribution is 2.25. The lowest BCUT2D eigenvalue weighted by molar-refractivity contribution is 0.305. The number of ether oxygens (including phenoxy) is 1. The largest absolute Gasteiger partial charge is 0.489 e. The van der Waals surface area contributed by atoms with Crippen LogP contribution in [0.2, 0.25) is 0 Å². The molecule has 1 N–H and O–H groups in total. The summed E-state index contributed by atoms with van der Waals surface area (Å²) in [4.78, 5) is 6.52. The second-order valence-electron chi connectivity index (χ2n) is 5.34. The summed E-state index contributed by atoms with van der Waals surface area (Å²) in [6.07, 6.45) is 3.61. The molecule has 0 aliphatic carbocycles. The molecule has 3 rings (SSSR count). The van der Waals surface area contributed by atoms with Crippen molar-refractivity contribution in [2.24, 2.45) is 0 Å². The third-order valence-corrected chi connectivity index (χ3v) is 3.75. The number of hydrogen-bond donors (Lipinski definition) is 1. The van der Waals surface area contributed by atoms with Crippen LogP contribution in [-0.2, 0) is 6.61 Å². The minimum absolute atomic E-state index is 0.556. The van der Waals surface area contributed by atoms with E-state index in [9.17, 15) is 0 Å². The van der Waals surface area contributed by atoms with Gasteiger partial charge in [-0.3, -0.25) is 4.98 Å². The topological polar surface area (TPSA) is 37.4 Å². The number of nitrogens with zero attached hydrogens (tertiary/aromatic N) is 2. The van der Waals surface area contributed by atoms with Crippen molar-refractivity contribution in [3.05, 3.63) is 53.9 Å². The minimum Gasteiger partial charge on any atom is -0.489 e. The highest BCUT2D eigenvalue weighted by atomic mass is 16.5. The van der Waals surface area contributed by atoms with Crippen LogP contribution in [0.4, 0.5) is 5.69 Å². The fourth-order valence-electron chi connectivity index (χ4n) is 2.63. The number of pyridine rings is 1. The molecule has 21 heavy (non-hydrogen) atoms. The van der Waals surface area contributed by atoms with E-state index in [1.165, 1.54) is 11.3 Å². The molecule has 0 saturated carbocycles. The molecule has 1 fully saturated rings. The molecule has 0 unspecified atom stereocenters. The SMILES string of the molecule is Cc1cc(OCc2cccnc2)ccc1N1CCNCC1. The molecule has 0 atom stereocenters. The summed E-state index contributed by atoms with van der Waals surface area (Å²) in [6, 6.07) is 10.3. The van der Waals surface area contributed by atoms with E-state index in [4.69, 9.17) is 4.74 Å². The van der Waals surface area contributed by atoms with Gasteiger partial charge in [-0.15, -0.1) is 0 Å². The predicted octanol–water partition coefficient (Wildman–Crippen LogP) is 2.38. The van der Waals surface area contributed by atoms with Crippen LogP contribution in [-0.4, -0.2) is 31.2 Å². The Hall–Kier alpha value is -2.07. The first-order valence-corrected chi connectivity index (χ1v) is 7.41. The van der Waals surface area contributed by atoms with Gasteiger partial charge in [-0.05, 0) is 36.8 Å². The van der Waals surface area contributed by atoms with Crippen LogP contribution < -0.4 is 15.0 Å². The van der Waals surface area contributed by atoms with E-state index in [1.807, 2.05) is 18.3 Å². The summed E-state index contributed by atoms with van der Waals surface area (Å²) >= 11 is 0. The zero-order chi connectivity index (χ0) is 14.5. The van der Waals surface area contributed by atoms with Crippen LogP contribution in [0, 0.1) is 6.92 Å². The van der Waals surface area contributed by atoms with Crippen molar-refractivity contribution in [2.75, 3.05) is 31.1 Å². The van der Waals surface area contributed by atoms with E-state index in [0.717, 1.165) is 37.5 Å². The van der Waals surface area contributed by atoms with E-state index in [-0.39, 0.29) is 0 Å². The van der Waals surface area contributed by atoms with Crippen LogP contribution in [0.15, 0.2) is 42.7 Å². The fourth-order valence-corrected chi connectivity index (χ4v) is 2.63. The normalized spacial score (nSPS) is 15.0. The molecule has 2 aromatic rings. The molecular weight excluding hydrogens is 262 g/mol. The molecule has 1 aromatic heterocycles. The first-order valence-electron chi connectivity index (χ1n) is 7.41. The Kier molecular flexibility index (Phi) is 4.36. The molecule has 1 aromatic carbocycles. The van der Waals surface area contributed by atoms with E-state index in [1.54, 1.807) is 6.20 Å². The zero-order valence-corrected chi connectivity index (χ0v) is 12.4. The molecule has 4 nitrogen and oxygen atoms in total. The number of nitrogens with one attached hydrogen (secondary N) is 1. The molecule has 4 heteroatoms. The van der Waals surface area contributed by atoms with Crippen LogP contribution in [0.3, 0.4) is 0 Å². The van der Waals surface area contributed by atoms with Gasteiger partial charge in [-0.2, -0.15) is 0 Å². The fraction of sp³-hybridized carbons (Fsp3) is 0.353. The Bertz CT molecular complexity index is 580. The van der Waals surface area contributed by atoms with Gasteiger partial charge in [0.05, 0.1) is 0 Å². The van der Waals surface area contributed by atoms with E-state index in [0.29, 0.717) is 6.61 Å². The summed E-state index contributed by atoms with van der Waals surface area (Å²) in [5.74, 6) is 0.912. The van der Waals surface area contributed by atoms with Crippen molar-refractivity contribution in [1.82, 2.24) is 10.3 Å². The number of rotatable bonds is 4. The van der Waals surface area contributed by atoms with Crippen molar-refractivity contribution in [3.63, 3.8) is 0 Å². The van der Waals surface area contributed by atoms with Crippen molar-refractivity contribution < 1.29 is 4.74 Å². The number of aromatic nitrogens is 1. The summed E-state index contributed by atoms with van der Waals surface area (Å²) in [6.45, 7) is 6.94. The van der Waals surface area contributed by atoms with Crippen molar-refractivity contribution >= 4 is 5.69 Å². The number of aryl methyl sites for hydroxylation is 1. The van der Waals surface area contributed by atoms with Crippen LogP contribution in [0.1, 0.15) is 11.1 Å². The average molecular weight is 283 g/mol. The van der Waals surface area contributed by atoms with Gasteiger partial charge in [0.2, 0.25) is 0 Å². The van der Waals surface area contributed by atoms with Gasteiger partial charge in [0.25, 0.3) is 0 Å². The number of hydrogen-bond acceptors (Lipinski definition) is 4. The van der Waals surface area contributed by atoms with Gasteiger partial charge >= 0.3 is 0 Å². The van der Waals surface area contributed by atoms with Crippen LogP contribution in [0.5, 0.6) is 5.75 Å². The molecule has 0 bridgehead atoms. The Balaban J connectivity index is 1.66. The molecular formula is C17H21N3O. The standard InChI is InChI=1S/C17H21N3O/c1-14-11-16(21-13-15-3-2-6-19-12-15)4-5-17(14)20-9-7-18-8-10-20/h2-6,11-12,18H,7-10,13H2,1H3. The lowest BCUT2D eigenvalue weighted by Gasteiger charge is -2.30. The Morgan fingerprint density at radius 1 is 1.24 bits per heavy atom. The maximum atomic E-state index is 5.84. The number of anilines is 1. The molecule has 2 heterocycles. The monoisotopic (exact) mass is 283 g/mol. The van der Waals surface area contributed by atoms with Gasteiger partial charge in [0, 0.05) is 49.8 Å². The summed E-state index contributed by atoms with van der Waals surface area (Å²) in [5, 5.41) is 3.38. The number of piperazine rings is 1. The van der Waals surface area contributed by atoms with Crippen LogP contribution in [0.25, 0.3) is 0 Å². The van der Waals surface area contributed by atoms with Crippen molar-refractivity contribution in [2.45, 2.75) is 13.5 Å². The van der Waals surface area contributed by atoms with Gasteiger partial charge in [0.15, 0.2) is 0 Å². The van der Waals surface area contributed by atoms with Gasteiger partial charge < -0.3 is 15.0 Å². The Labute approximate surface area is 125 Å². The summed E-state index contributed by atoms with van der Waals surface area (Å²) in [7, 11) is 0. The lowest BCUT2D eigenvalue weighted by Crippen LogP contribution is -2.43. The molecule has 1 aliphatic rings. The highest BCUT2D eigenvalue weighted by Gasteiger charge is 2.12. The molecule has 0 amide bonds. The minimum atomic E-state index is 0.556. The third-order valence-electron chi connectivity index (χ3n) is 3.75. The quantitative estimate of drug-likeness (QED) is 0.935. The molecule has 110 valence electrons. The Morgan fingerprint density at radius 3 is 2.81 bits per heavy atom. The molecule has 0 radical (unpaired) electrons. The lowest BCUT2D eigenvalue weighted by atomic mass is 10.1. The van der Waals surface area contributed by atoms with Gasteiger partial charge in [-0.1, -0.05) is 6.07 Å². The third kappa shape index (κ3) is 3.52. The Morgan fingerprint density at radius 2 is 2.10 bits per heavy atom. The van der Waals surface area contributed by atoms with Crippen LogP contribution >= 0.6 is 0 Å². The first-order chi connectivity index (χ1) is 10.3. The second kappa shape index (κ2) is 6.59. The smallest absolute Gasteiger partial charge is 0.120 e. The van der Waals surface area contributed by atoms with E-state index < -0.39 is 0 Å². The maximum Gasteiger partial charge on any atom is 0.120 e. The van der Waals surface area contributed by atoms with Crippen molar-refractivity contribution in [1.29, 1.82) is 0 Å². The predicted molar refractivity (Wildman–Crippen MR) is 84.8 cm³/mol. The van der Waals surface area contributed by atoms with E-state index >= 15 is 0 Å². The molecule has 1 saturated heterocycles. The summed E-state index contributed by atoms with van der Waals surface area (Å²) in [5.41, 5.74) is 3.66. The second-order valence-corrected chi connectivity index (χ2v) is 5.34. The van der Waals surface area contributed by atoms with Gasteiger partial charge in [0.1, 0.15) is 12.4 Å². The first kappa shape index (κ1) is 13.9. The maximum absolute atomic E-state index is 5.84. The molecule has 1 aliphatic heterocycles. The zero-order valence-electron chi connectivity index (χ0n) is 12.4.